The number of aromatic hydroxyl groups is 2. The Bertz CT molecular complexity index is 2970. The van der Waals surface area contributed by atoms with Crippen molar-refractivity contribution < 1.29 is 19.7 Å². The van der Waals surface area contributed by atoms with Gasteiger partial charge in [-0.2, -0.15) is 0 Å². The third-order valence-electron chi connectivity index (χ3n) is 10.6. The first-order valence-corrected chi connectivity index (χ1v) is 19.2. The maximum Gasteiger partial charge on any atom is 0.135 e. The highest BCUT2D eigenvalue weighted by molar-refractivity contribution is 6.09. The molecule has 1 aliphatic rings. The smallest absolute Gasteiger partial charge is 0.135 e. The lowest BCUT2D eigenvalue weighted by atomic mass is 9.84. The summed E-state index contributed by atoms with van der Waals surface area (Å²) in [4.78, 5) is 0. The van der Waals surface area contributed by atoms with Crippen LogP contribution in [0.4, 0.5) is 0 Å². The van der Waals surface area contributed by atoms with Crippen LogP contribution < -0.4 is 9.47 Å². The van der Waals surface area contributed by atoms with Gasteiger partial charge in [0, 0.05) is 21.9 Å². The number of rotatable bonds is 6. The Morgan fingerprint density at radius 1 is 0.446 bits per heavy atom. The fourth-order valence-corrected chi connectivity index (χ4v) is 8.17. The van der Waals surface area contributed by atoms with E-state index in [4.69, 9.17) is 9.47 Å². The molecule has 9 aromatic rings. The Morgan fingerprint density at radius 2 is 1.05 bits per heavy atom. The molecule has 0 bridgehead atoms. The highest BCUT2D eigenvalue weighted by Crippen LogP contribution is 2.45. The van der Waals surface area contributed by atoms with Gasteiger partial charge in [0.05, 0.1) is 0 Å². The van der Waals surface area contributed by atoms with Gasteiger partial charge in [0.1, 0.15) is 34.5 Å². The Kier molecular flexibility index (Phi) is 9.08. The molecule has 0 spiro atoms. The Balaban J connectivity index is 0.00000202. The van der Waals surface area contributed by atoms with E-state index in [0.717, 1.165) is 89.9 Å². The summed E-state index contributed by atoms with van der Waals surface area (Å²) in [7, 11) is 0. The molecule has 10 rings (SSSR count). The van der Waals surface area contributed by atoms with Gasteiger partial charge in [-0.15, -0.1) is 0 Å². The molecule has 0 unspecified atom stereocenters. The van der Waals surface area contributed by atoms with E-state index in [-0.39, 0.29) is 11.5 Å². The zero-order chi connectivity index (χ0) is 38.2. The van der Waals surface area contributed by atoms with Gasteiger partial charge < -0.3 is 19.7 Å². The predicted molar refractivity (Wildman–Crippen MR) is 231 cm³/mol. The van der Waals surface area contributed by atoms with E-state index in [2.05, 4.69) is 72.8 Å². The molecule has 0 heterocycles. The van der Waals surface area contributed by atoms with Crippen LogP contribution in [0.25, 0.3) is 59.8 Å². The first-order valence-electron chi connectivity index (χ1n) is 19.2. The molecule has 0 fully saturated rings. The van der Waals surface area contributed by atoms with Crippen molar-refractivity contribution in [2.45, 2.75) is 26.7 Å². The summed E-state index contributed by atoms with van der Waals surface area (Å²) in [6.45, 7) is 4.00. The number of hydrogen-bond acceptors (Lipinski definition) is 4. The van der Waals surface area contributed by atoms with Gasteiger partial charge in [0.15, 0.2) is 0 Å². The van der Waals surface area contributed by atoms with E-state index >= 15 is 0 Å². The summed E-state index contributed by atoms with van der Waals surface area (Å²) < 4.78 is 13.4. The number of phenols is 2. The van der Waals surface area contributed by atoms with E-state index in [1.165, 1.54) is 16.7 Å². The van der Waals surface area contributed by atoms with E-state index < -0.39 is 0 Å². The van der Waals surface area contributed by atoms with Crippen LogP contribution >= 0.6 is 0 Å². The minimum Gasteiger partial charge on any atom is -0.508 e. The fourth-order valence-electron chi connectivity index (χ4n) is 8.17. The molecule has 0 aliphatic heterocycles. The molecular weight excluding hydrogens is 689 g/mol. The summed E-state index contributed by atoms with van der Waals surface area (Å²) in [5, 5.41) is 29.4. The van der Waals surface area contributed by atoms with Crippen molar-refractivity contribution in [2.75, 3.05) is 0 Å². The van der Waals surface area contributed by atoms with Crippen LogP contribution in [0, 0.1) is 0 Å². The maximum atomic E-state index is 11.2. The highest BCUT2D eigenvalue weighted by Gasteiger charge is 2.21. The lowest BCUT2D eigenvalue weighted by Gasteiger charge is -2.22. The summed E-state index contributed by atoms with van der Waals surface area (Å²) in [5.74, 6) is 3.55. The number of allylic oxidation sites excluding steroid dienone is 1. The topological polar surface area (TPSA) is 58.9 Å². The molecule has 0 aromatic heterocycles. The second-order valence-corrected chi connectivity index (χ2v) is 13.8. The second-order valence-electron chi connectivity index (χ2n) is 13.8. The first kappa shape index (κ1) is 34.7. The quantitative estimate of drug-likeness (QED) is 0.179. The summed E-state index contributed by atoms with van der Waals surface area (Å²) in [5.41, 5.74) is 6.46. The van der Waals surface area contributed by atoms with Crippen molar-refractivity contribution in [3.63, 3.8) is 0 Å². The zero-order valence-corrected chi connectivity index (χ0v) is 31.3. The average Bonchev–Trinajstić information content (AvgIpc) is 3.24. The molecule has 0 atom stereocenters. The molecule has 1 aliphatic carbocycles. The van der Waals surface area contributed by atoms with E-state index in [1.54, 1.807) is 12.1 Å². The van der Waals surface area contributed by atoms with Gasteiger partial charge in [-0.25, -0.2) is 0 Å². The lowest BCUT2D eigenvalue weighted by molar-refractivity contribution is 0.475. The predicted octanol–water partition coefficient (Wildman–Crippen LogP) is 14.4. The Hall–Kier alpha value is -7.04. The van der Waals surface area contributed by atoms with Gasteiger partial charge in [-0.1, -0.05) is 123 Å². The lowest BCUT2D eigenvalue weighted by Crippen LogP contribution is -2.04. The normalized spacial score (nSPS) is 12.2. The number of fused-ring (bicyclic) bond motifs is 5. The standard InChI is InChI=1S/C50H34O4.C2H6/c51-34-23-25-37-32(29-34)11-4-14-39(37)40-15-6-17-42-41(40)16-7-21-48(42)53-35-24-26-38-33(30-35)12-5-20-47(38)54-49-22-8-19-45-43(49)27-28-46(52)50(45)44-18-3-10-31-9-1-2-13-36(31)44;1-2/h1-5,7-16,18-30,51-52H,6,17H2;1-2H3. The minimum atomic E-state index is 0.232. The van der Waals surface area contributed by atoms with Gasteiger partial charge >= 0.3 is 0 Å². The largest absolute Gasteiger partial charge is 0.508 e. The summed E-state index contributed by atoms with van der Waals surface area (Å²) in [6, 6.07) is 54.4. The van der Waals surface area contributed by atoms with Crippen molar-refractivity contribution in [3.05, 3.63) is 187 Å². The molecule has 9 aromatic carbocycles. The van der Waals surface area contributed by atoms with Crippen molar-refractivity contribution in [3.8, 4) is 45.6 Å². The molecule has 2 N–H and O–H groups in total. The van der Waals surface area contributed by atoms with Crippen molar-refractivity contribution in [1.29, 1.82) is 0 Å². The molecule has 4 heteroatoms. The van der Waals surface area contributed by atoms with Crippen molar-refractivity contribution >= 4 is 48.7 Å². The monoisotopic (exact) mass is 728 g/mol. The maximum absolute atomic E-state index is 11.2. The average molecular weight is 729 g/mol. The molecule has 56 heavy (non-hydrogen) atoms. The van der Waals surface area contributed by atoms with Gasteiger partial charge in [-0.05, 0) is 128 Å². The number of hydrogen-bond donors (Lipinski definition) is 2. The van der Waals surface area contributed by atoms with Crippen LogP contribution in [0.5, 0.6) is 34.5 Å². The van der Waals surface area contributed by atoms with Crippen LogP contribution in [-0.4, -0.2) is 10.2 Å². The SMILES string of the molecule is CC.Oc1ccc2c(C3=CCCc4c(Oc5ccc6c(Oc7cccc8c(-c9cccc%10ccccc9%10)c(O)ccc78)cccc6c5)cccc43)cccc2c1. The fraction of sp³-hybridized carbons (Fsp3) is 0.0769. The highest BCUT2D eigenvalue weighted by atomic mass is 16.5. The number of ether oxygens (including phenoxy) is 2. The van der Waals surface area contributed by atoms with Crippen LogP contribution in [0.3, 0.4) is 0 Å². The van der Waals surface area contributed by atoms with Crippen molar-refractivity contribution in [1.82, 2.24) is 0 Å². The molecule has 272 valence electrons. The minimum absolute atomic E-state index is 0.232. The molecular formula is C52H40O4. The molecule has 0 saturated carbocycles. The van der Waals surface area contributed by atoms with Crippen LogP contribution in [0.2, 0.25) is 0 Å². The van der Waals surface area contributed by atoms with Crippen LogP contribution in [-0.2, 0) is 6.42 Å². The second kappa shape index (κ2) is 14.7. The summed E-state index contributed by atoms with van der Waals surface area (Å²) in [6.07, 6.45) is 4.11. The number of phenolic OH excluding ortho intramolecular Hbond substituents is 2. The molecule has 0 saturated heterocycles. The van der Waals surface area contributed by atoms with Crippen molar-refractivity contribution in [2.24, 2.45) is 0 Å². The summed E-state index contributed by atoms with van der Waals surface area (Å²) >= 11 is 0. The van der Waals surface area contributed by atoms with E-state index in [9.17, 15) is 10.2 Å². The number of benzene rings is 9. The third kappa shape index (κ3) is 6.15. The van der Waals surface area contributed by atoms with Gasteiger partial charge in [0.2, 0.25) is 0 Å². The molecule has 4 nitrogen and oxygen atoms in total. The first-order chi connectivity index (χ1) is 27.6. The van der Waals surface area contributed by atoms with Crippen LogP contribution in [0.15, 0.2) is 170 Å². The third-order valence-corrected chi connectivity index (χ3v) is 10.6. The Labute approximate surface area is 326 Å². The zero-order valence-electron chi connectivity index (χ0n) is 31.3. The molecule has 0 radical (unpaired) electrons. The van der Waals surface area contributed by atoms with Gasteiger partial charge in [0.25, 0.3) is 0 Å². The van der Waals surface area contributed by atoms with Crippen LogP contribution in [0.1, 0.15) is 37.0 Å². The Morgan fingerprint density at radius 3 is 1.93 bits per heavy atom. The van der Waals surface area contributed by atoms with Gasteiger partial charge in [-0.3, -0.25) is 0 Å². The van der Waals surface area contributed by atoms with E-state index in [1.807, 2.05) is 98.8 Å². The molecule has 0 amide bonds. The van der Waals surface area contributed by atoms with E-state index in [0.29, 0.717) is 5.75 Å².